The molecule has 1 aliphatic heterocycles. The summed E-state index contributed by atoms with van der Waals surface area (Å²) in [5.74, 6) is -0.386. The minimum Gasteiger partial charge on any atom is -0.493 e. The highest BCUT2D eigenvalue weighted by Crippen LogP contribution is 2.39. The predicted octanol–water partition coefficient (Wildman–Crippen LogP) is 3.55. The topological polar surface area (TPSA) is 108 Å². The second-order valence-corrected chi connectivity index (χ2v) is 10.1. The van der Waals surface area contributed by atoms with Crippen LogP contribution in [0.15, 0.2) is 30.3 Å². The fraction of sp³-hybridized carbons (Fsp3) is 0.481. The highest BCUT2D eigenvalue weighted by Gasteiger charge is 2.24. The van der Waals surface area contributed by atoms with E-state index in [1.165, 1.54) is 0 Å². The fourth-order valence-corrected chi connectivity index (χ4v) is 4.38. The van der Waals surface area contributed by atoms with Crippen LogP contribution < -0.4 is 16.2 Å². The van der Waals surface area contributed by atoms with E-state index in [2.05, 4.69) is 25.7 Å². The standard InChI is InChI=1S/C27H37N3O4/c1-18-6-8-20(26(29)32)22(17-27(2,3)4)24(18)21-9-7-19(25(28)31)16-23(21)34-13-5-10-30-11-14-33-15-12-30/h6-9,16H,5,10-15,17H2,1-4H3,(H2,28,31)(H2,29,32). The molecule has 3 rings (SSSR count). The van der Waals surface area contributed by atoms with Gasteiger partial charge < -0.3 is 20.9 Å². The van der Waals surface area contributed by atoms with Gasteiger partial charge in [0.2, 0.25) is 11.8 Å². The van der Waals surface area contributed by atoms with Gasteiger partial charge in [0.15, 0.2) is 0 Å². The van der Waals surface area contributed by atoms with Gasteiger partial charge in [-0.2, -0.15) is 0 Å². The van der Waals surface area contributed by atoms with Crippen LogP contribution in [0.25, 0.3) is 11.1 Å². The van der Waals surface area contributed by atoms with E-state index >= 15 is 0 Å². The molecule has 7 nitrogen and oxygen atoms in total. The number of aryl methyl sites for hydroxylation is 1. The molecule has 1 heterocycles. The molecule has 1 fully saturated rings. The summed E-state index contributed by atoms with van der Waals surface area (Å²) in [6, 6.07) is 8.96. The van der Waals surface area contributed by atoms with E-state index in [4.69, 9.17) is 20.9 Å². The van der Waals surface area contributed by atoms with Gasteiger partial charge >= 0.3 is 0 Å². The Morgan fingerprint density at radius 2 is 1.76 bits per heavy atom. The first-order chi connectivity index (χ1) is 16.1. The molecule has 0 spiro atoms. The number of nitrogens with two attached hydrogens (primary N) is 2. The van der Waals surface area contributed by atoms with E-state index in [1.54, 1.807) is 18.2 Å². The summed E-state index contributed by atoms with van der Waals surface area (Å²) in [4.78, 5) is 26.6. The number of carbonyl (C=O) groups excluding carboxylic acids is 2. The molecule has 2 amide bonds. The monoisotopic (exact) mass is 467 g/mol. The summed E-state index contributed by atoms with van der Waals surface area (Å²) < 4.78 is 11.6. The van der Waals surface area contributed by atoms with Crippen molar-refractivity contribution in [3.05, 3.63) is 52.6 Å². The van der Waals surface area contributed by atoms with Gasteiger partial charge in [-0.3, -0.25) is 14.5 Å². The van der Waals surface area contributed by atoms with Crippen LogP contribution in [-0.2, 0) is 11.2 Å². The molecule has 1 saturated heterocycles. The molecule has 0 aliphatic carbocycles. The van der Waals surface area contributed by atoms with Crippen LogP contribution in [0.3, 0.4) is 0 Å². The molecule has 2 aromatic rings. The maximum Gasteiger partial charge on any atom is 0.248 e. The average molecular weight is 468 g/mol. The van der Waals surface area contributed by atoms with Crippen molar-refractivity contribution in [2.75, 3.05) is 39.5 Å². The van der Waals surface area contributed by atoms with Gasteiger partial charge in [-0.1, -0.05) is 26.8 Å². The Morgan fingerprint density at radius 3 is 2.38 bits per heavy atom. The molecule has 0 saturated carbocycles. The third-order valence-corrected chi connectivity index (χ3v) is 6.01. The number of amides is 2. The molecule has 0 radical (unpaired) electrons. The molecule has 1 aliphatic rings. The molecular weight excluding hydrogens is 430 g/mol. The van der Waals surface area contributed by atoms with Crippen LogP contribution in [0, 0.1) is 12.3 Å². The lowest BCUT2D eigenvalue weighted by atomic mass is 9.80. The molecule has 0 atom stereocenters. The van der Waals surface area contributed by atoms with Crippen molar-refractivity contribution in [3.63, 3.8) is 0 Å². The molecule has 34 heavy (non-hydrogen) atoms. The van der Waals surface area contributed by atoms with E-state index in [1.807, 2.05) is 19.1 Å². The second kappa shape index (κ2) is 11.0. The lowest BCUT2D eigenvalue weighted by molar-refractivity contribution is 0.0358. The molecule has 0 unspecified atom stereocenters. The van der Waals surface area contributed by atoms with Gasteiger partial charge in [-0.25, -0.2) is 0 Å². The SMILES string of the molecule is Cc1ccc(C(N)=O)c(CC(C)(C)C)c1-c1ccc(C(N)=O)cc1OCCCN1CCOCC1. The Labute approximate surface area is 202 Å². The Hall–Kier alpha value is -2.90. The van der Waals surface area contributed by atoms with Crippen molar-refractivity contribution >= 4 is 11.8 Å². The van der Waals surface area contributed by atoms with Crippen molar-refractivity contribution in [2.24, 2.45) is 16.9 Å². The summed E-state index contributed by atoms with van der Waals surface area (Å²) in [6.07, 6.45) is 1.51. The molecule has 7 heteroatoms. The van der Waals surface area contributed by atoms with E-state index in [-0.39, 0.29) is 5.41 Å². The highest BCUT2D eigenvalue weighted by molar-refractivity contribution is 5.98. The quantitative estimate of drug-likeness (QED) is 0.549. The molecule has 0 aromatic heterocycles. The van der Waals surface area contributed by atoms with Gasteiger partial charge in [0.25, 0.3) is 0 Å². The van der Waals surface area contributed by atoms with Crippen LogP contribution in [-0.4, -0.2) is 56.2 Å². The van der Waals surface area contributed by atoms with Gasteiger partial charge in [0, 0.05) is 36.3 Å². The maximum absolute atomic E-state index is 12.3. The second-order valence-electron chi connectivity index (χ2n) is 10.1. The summed E-state index contributed by atoms with van der Waals surface area (Å²) in [7, 11) is 0. The van der Waals surface area contributed by atoms with Crippen molar-refractivity contribution in [3.8, 4) is 16.9 Å². The summed E-state index contributed by atoms with van der Waals surface area (Å²) in [5.41, 5.74) is 15.8. The van der Waals surface area contributed by atoms with Crippen LogP contribution in [0.4, 0.5) is 0 Å². The van der Waals surface area contributed by atoms with Crippen LogP contribution in [0.1, 0.15) is 59.0 Å². The number of ether oxygens (including phenoxy) is 2. The third kappa shape index (κ3) is 6.58. The van der Waals surface area contributed by atoms with Gasteiger partial charge in [-0.05, 0) is 66.1 Å². The zero-order chi connectivity index (χ0) is 24.9. The zero-order valence-electron chi connectivity index (χ0n) is 20.8. The Bertz CT molecular complexity index is 1040. The van der Waals surface area contributed by atoms with E-state index in [0.717, 1.165) is 61.5 Å². The smallest absolute Gasteiger partial charge is 0.248 e. The maximum atomic E-state index is 12.3. The van der Waals surface area contributed by atoms with Crippen molar-refractivity contribution < 1.29 is 19.1 Å². The normalized spacial score (nSPS) is 14.7. The highest BCUT2D eigenvalue weighted by atomic mass is 16.5. The van der Waals surface area contributed by atoms with E-state index in [0.29, 0.717) is 29.9 Å². The number of morpholine rings is 1. The summed E-state index contributed by atoms with van der Waals surface area (Å²) in [6.45, 7) is 13.2. The number of carbonyl (C=O) groups is 2. The number of hydrogen-bond acceptors (Lipinski definition) is 5. The fourth-order valence-electron chi connectivity index (χ4n) is 4.38. The first-order valence-corrected chi connectivity index (χ1v) is 11.9. The van der Waals surface area contributed by atoms with Crippen molar-refractivity contribution in [1.29, 1.82) is 0 Å². The lowest BCUT2D eigenvalue weighted by Crippen LogP contribution is -2.37. The minimum absolute atomic E-state index is 0.0704. The average Bonchev–Trinajstić information content (AvgIpc) is 2.76. The number of rotatable bonds is 9. The van der Waals surface area contributed by atoms with Crippen molar-refractivity contribution in [1.82, 2.24) is 4.90 Å². The number of nitrogens with zero attached hydrogens (tertiary/aromatic N) is 1. The largest absolute Gasteiger partial charge is 0.493 e. The molecule has 0 bridgehead atoms. The Morgan fingerprint density at radius 1 is 1.06 bits per heavy atom. The van der Waals surface area contributed by atoms with Gasteiger partial charge in [-0.15, -0.1) is 0 Å². The zero-order valence-corrected chi connectivity index (χ0v) is 20.8. The van der Waals surface area contributed by atoms with Crippen LogP contribution in [0.5, 0.6) is 5.75 Å². The Kier molecular flexibility index (Phi) is 8.33. The van der Waals surface area contributed by atoms with Gasteiger partial charge in [0.05, 0.1) is 19.8 Å². The first kappa shape index (κ1) is 25.7. The summed E-state index contributed by atoms with van der Waals surface area (Å²) >= 11 is 0. The molecule has 4 N–H and O–H groups in total. The molecule has 184 valence electrons. The number of primary amides is 2. The van der Waals surface area contributed by atoms with E-state index in [9.17, 15) is 9.59 Å². The predicted molar refractivity (Wildman–Crippen MR) is 134 cm³/mol. The van der Waals surface area contributed by atoms with E-state index < -0.39 is 11.8 Å². The van der Waals surface area contributed by atoms with Gasteiger partial charge in [0.1, 0.15) is 5.75 Å². The van der Waals surface area contributed by atoms with Crippen LogP contribution >= 0.6 is 0 Å². The number of benzene rings is 2. The Balaban J connectivity index is 1.98. The first-order valence-electron chi connectivity index (χ1n) is 11.9. The summed E-state index contributed by atoms with van der Waals surface area (Å²) in [5, 5.41) is 0. The molecular formula is C27H37N3O4. The third-order valence-electron chi connectivity index (χ3n) is 6.01. The minimum atomic E-state index is -0.512. The van der Waals surface area contributed by atoms with Crippen LogP contribution in [0.2, 0.25) is 0 Å². The van der Waals surface area contributed by atoms with Crippen molar-refractivity contribution in [2.45, 2.75) is 40.5 Å². The lowest BCUT2D eigenvalue weighted by Gasteiger charge is -2.26. The molecule has 2 aromatic carbocycles. The number of hydrogen-bond donors (Lipinski definition) is 2.